The van der Waals surface area contributed by atoms with Crippen molar-refractivity contribution >= 4 is 5.91 Å². The average Bonchev–Trinajstić information content (AvgIpc) is 3.47. The van der Waals surface area contributed by atoms with Gasteiger partial charge >= 0.3 is 0 Å². The molecule has 1 aliphatic rings. The summed E-state index contributed by atoms with van der Waals surface area (Å²) in [6.07, 6.45) is 8.19. The first kappa shape index (κ1) is 21.0. The lowest BCUT2D eigenvalue weighted by Crippen LogP contribution is -2.30. The van der Waals surface area contributed by atoms with E-state index in [0.717, 1.165) is 53.9 Å². The Kier molecular flexibility index (Phi) is 6.55. The Hall–Kier alpha value is -3.28. The van der Waals surface area contributed by atoms with Crippen molar-refractivity contribution in [2.24, 2.45) is 5.92 Å². The van der Waals surface area contributed by atoms with Gasteiger partial charge in [0, 0.05) is 25.2 Å². The highest BCUT2D eigenvalue weighted by atomic mass is 16.5. The van der Waals surface area contributed by atoms with Gasteiger partial charge in [-0.25, -0.2) is 4.68 Å². The van der Waals surface area contributed by atoms with E-state index in [-0.39, 0.29) is 11.9 Å². The largest absolute Gasteiger partial charge is 0.493 e. The number of nitrogens with zero attached hydrogens (tertiary/aromatic N) is 2. The molecule has 6 nitrogen and oxygen atoms in total. The smallest absolute Gasteiger partial charge is 0.217 e. The first-order valence-electron chi connectivity index (χ1n) is 10.9. The Labute approximate surface area is 183 Å². The van der Waals surface area contributed by atoms with Crippen LogP contribution in [-0.2, 0) is 11.2 Å². The second-order valence-corrected chi connectivity index (χ2v) is 8.26. The minimum absolute atomic E-state index is 0.00279. The van der Waals surface area contributed by atoms with E-state index in [1.165, 1.54) is 12.8 Å². The number of amides is 1. The molecule has 6 heteroatoms. The molecule has 1 aromatic heterocycles. The molecule has 162 valence electrons. The van der Waals surface area contributed by atoms with E-state index in [1.54, 1.807) is 6.92 Å². The van der Waals surface area contributed by atoms with Gasteiger partial charge in [0.1, 0.15) is 17.2 Å². The summed E-state index contributed by atoms with van der Waals surface area (Å²) < 4.78 is 13.7. The van der Waals surface area contributed by atoms with Crippen LogP contribution in [0.15, 0.2) is 60.9 Å². The van der Waals surface area contributed by atoms with Crippen LogP contribution in [0.25, 0.3) is 5.69 Å². The summed E-state index contributed by atoms with van der Waals surface area (Å²) in [5.74, 6) is 3.09. The number of aryl methyl sites for hydroxylation is 1. The second kappa shape index (κ2) is 9.69. The number of carbonyl (C=O) groups excluding carboxylic acids is 1. The normalized spacial score (nSPS) is 14.1. The highest BCUT2D eigenvalue weighted by molar-refractivity contribution is 5.73. The van der Waals surface area contributed by atoms with Crippen molar-refractivity contribution in [1.82, 2.24) is 15.1 Å². The lowest BCUT2D eigenvalue weighted by atomic mass is 10.1. The van der Waals surface area contributed by atoms with Crippen LogP contribution < -0.4 is 14.8 Å². The van der Waals surface area contributed by atoms with Crippen molar-refractivity contribution in [1.29, 1.82) is 0 Å². The number of ether oxygens (including phenoxy) is 2. The van der Waals surface area contributed by atoms with E-state index in [1.807, 2.05) is 72.5 Å². The molecule has 0 bridgehead atoms. The molecule has 0 radical (unpaired) electrons. The molecule has 1 heterocycles. The molecule has 1 N–H and O–H groups in total. The molecule has 0 spiro atoms. The van der Waals surface area contributed by atoms with Gasteiger partial charge in [-0.1, -0.05) is 6.07 Å². The fourth-order valence-electron chi connectivity index (χ4n) is 3.36. The van der Waals surface area contributed by atoms with Crippen LogP contribution in [0.2, 0.25) is 0 Å². The Balaban J connectivity index is 1.32. The molecular formula is C25H29N3O3. The van der Waals surface area contributed by atoms with Gasteiger partial charge in [0.05, 0.1) is 18.5 Å². The third-order valence-corrected chi connectivity index (χ3v) is 5.28. The number of nitrogens with one attached hydrogen (secondary N) is 1. The SMILES string of the molecule is CC(=O)NC(C)CCc1cnn(-c2ccc(Oc3cccc(OCC4CC4)c3)cc2)c1. The molecule has 0 saturated heterocycles. The van der Waals surface area contributed by atoms with E-state index in [0.29, 0.717) is 0 Å². The van der Waals surface area contributed by atoms with Crippen molar-refractivity contribution in [3.63, 3.8) is 0 Å². The molecule has 1 fully saturated rings. The number of hydrogen-bond donors (Lipinski definition) is 1. The third kappa shape index (κ3) is 6.35. The monoisotopic (exact) mass is 419 g/mol. The molecule has 3 aromatic rings. The maximum atomic E-state index is 11.1. The summed E-state index contributed by atoms with van der Waals surface area (Å²) in [6.45, 7) is 4.34. The third-order valence-electron chi connectivity index (χ3n) is 5.28. The summed E-state index contributed by atoms with van der Waals surface area (Å²) in [5, 5.41) is 7.37. The van der Waals surface area contributed by atoms with Crippen molar-refractivity contribution < 1.29 is 14.3 Å². The quantitative estimate of drug-likeness (QED) is 0.507. The Morgan fingerprint density at radius 1 is 1.16 bits per heavy atom. The molecule has 1 aliphatic carbocycles. The van der Waals surface area contributed by atoms with Gasteiger partial charge < -0.3 is 14.8 Å². The summed E-state index contributed by atoms with van der Waals surface area (Å²) in [5.41, 5.74) is 2.11. The number of aromatic nitrogens is 2. The Morgan fingerprint density at radius 2 is 1.94 bits per heavy atom. The molecule has 1 amide bonds. The standard InChI is InChI=1S/C25H29N3O3/c1-18(27-19(2)29)6-7-21-15-26-28(16-21)22-10-12-23(13-11-22)31-25-5-3-4-24(14-25)30-17-20-8-9-20/h3-5,10-16,18,20H,6-9,17H2,1-2H3,(H,27,29). The van der Waals surface area contributed by atoms with E-state index in [2.05, 4.69) is 10.4 Å². The Morgan fingerprint density at radius 3 is 2.68 bits per heavy atom. The zero-order valence-electron chi connectivity index (χ0n) is 18.1. The predicted molar refractivity (Wildman–Crippen MR) is 120 cm³/mol. The zero-order valence-corrected chi connectivity index (χ0v) is 18.1. The maximum Gasteiger partial charge on any atom is 0.217 e. The van der Waals surface area contributed by atoms with Gasteiger partial charge in [0.2, 0.25) is 5.91 Å². The summed E-state index contributed by atoms with van der Waals surface area (Å²) >= 11 is 0. The molecule has 31 heavy (non-hydrogen) atoms. The number of carbonyl (C=O) groups is 1. The van der Waals surface area contributed by atoms with Crippen LogP contribution >= 0.6 is 0 Å². The van der Waals surface area contributed by atoms with Gasteiger partial charge in [-0.15, -0.1) is 0 Å². The summed E-state index contributed by atoms with van der Waals surface area (Å²) in [6, 6.07) is 15.8. The number of benzene rings is 2. The highest BCUT2D eigenvalue weighted by Gasteiger charge is 2.21. The maximum absolute atomic E-state index is 11.1. The summed E-state index contributed by atoms with van der Waals surface area (Å²) in [7, 11) is 0. The minimum atomic E-state index is 0.00279. The highest BCUT2D eigenvalue weighted by Crippen LogP contribution is 2.31. The Bertz CT molecular complexity index is 1010. The van der Waals surface area contributed by atoms with Gasteiger partial charge in [-0.05, 0) is 80.5 Å². The zero-order chi connectivity index (χ0) is 21.6. The first-order chi connectivity index (χ1) is 15.0. The first-order valence-corrected chi connectivity index (χ1v) is 10.9. The van der Waals surface area contributed by atoms with Gasteiger partial charge in [0.25, 0.3) is 0 Å². The lowest BCUT2D eigenvalue weighted by Gasteiger charge is -2.11. The number of hydrogen-bond acceptors (Lipinski definition) is 4. The number of rotatable bonds is 10. The van der Waals surface area contributed by atoms with Crippen LogP contribution in [0.1, 0.15) is 38.7 Å². The molecule has 4 rings (SSSR count). The van der Waals surface area contributed by atoms with E-state index >= 15 is 0 Å². The van der Waals surface area contributed by atoms with Gasteiger partial charge in [-0.2, -0.15) is 5.10 Å². The molecule has 1 unspecified atom stereocenters. The average molecular weight is 420 g/mol. The lowest BCUT2D eigenvalue weighted by molar-refractivity contribution is -0.119. The second-order valence-electron chi connectivity index (χ2n) is 8.26. The molecule has 2 aromatic carbocycles. The van der Waals surface area contributed by atoms with Gasteiger partial charge in [0.15, 0.2) is 0 Å². The van der Waals surface area contributed by atoms with Crippen LogP contribution in [0, 0.1) is 5.92 Å². The van der Waals surface area contributed by atoms with Crippen molar-refractivity contribution in [3.05, 3.63) is 66.5 Å². The van der Waals surface area contributed by atoms with Crippen LogP contribution in [0.4, 0.5) is 0 Å². The van der Waals surface area contributed by atoms with Crippen LogP contribution in [0.5, 0.6) is 17.2 Å². The van der Waals surface area contributed by atoms with E-state index < -0.39 is 0 Å². The van der Waals surface area contributed by atoms with Crippen molar-refractivity contribution in [2.75, 3.05) is 6.61 Å². The summed E-state index contributed by atoms with van der Waals surface area (Å²) in [4.78, 5) is 11.1. The molecule has 1 atom stereocenters. The van der Waals surface area contributed by atoms with E-state index in [4.69, 9.17) is 9.47 Å². The van der Waals surface area contributed by atoms with E-state index in [9.17, 15) is 4.79 Å². The van der Waals surface area contributed by atoms with Crippen LogP contribution in [0.3, 0.4) is 0 Å². The minimum Gasteiger partial charge on any atom is -0.493 e. The van der Waals surface area contributed by atoms with Crippen LogP contribution in [-0.4, -0.2) is 28.3 Å². The van der Waals surface area contributed by atoms with Crippen molar-refractivity contribution in [2.45, 2.75) is 45.6 Å². The molecule has 1 saturated carbocycles. The fourth-order valence-corrected chi connectivity index (χ4v) is 3.36. The topological polar surface area (TPSA) is 65.4 Å². The fraction of sp³-hybridized carbons (Fsp3) is 0.360. The van der Waals surface area contributed by atoms with Crippen molar-refractivity contribution in [3.8, 4) is 22.9 Å². The predicted octanol–water partition coefficient (Wildman–Crippen LogP) is 4.91. The van der Waals surface area contributed by atoms with Gasteiger partial charge in [-0.3, -0.25) is 4.79 Å². The molecular weight excluding hydrogens is 390 g/mol. The molecule has 0 aliphatic heterocycles.